The van der Waals surface area contributed by atoms with Crippen molar-refractivity contribution in [1.29, 1.82) is 0 Å². The summed E-state index contributed by atoms with van der Waals surface area (Å²) in [4.78, 5) is 29.7. The Labute approximate surface area is 136 Å². The third-order valence-corrected chi connectivity index (χ3v) is 5.57. The Morgan fingerprint density at radius 3 is 2.74 bits per heavy atom. The summed E-state index contributed by atoms with van der Waals surface area (Å²) in [7, 11) is -3.06. The molecule has 1 aliphatic heterocycles. The number of carbonyl (C=O) groups excluding carboxylic acids is 2. The van der Waals surface area contributed by atoms with E-state index in [1.165, 1.54) is 4.90 Å². The van der Waals surface area contributed by atoms with Crippen LogP contribution in [0.25, 0.3) is 0 Å². The smallest absolute Gasteiger partial charge is 0.232 e. The van der Waals surface area contributed by atoms with E-state index < -0.39 is 9.84 Å². The molecule has 0 aliphatic carbocycles. The highest BCUT2D eigenvalue weighted by molar-refractivity contribution is 7.91. The second kappa shape index (κ2) is 7.54. The molecule has 0 aromatic carbocycles. The molecule has 0 saturated carbocycles. The molecule has 23 heavy (non-hydrogen) atoms. The van der Waals surface area contributed by atoms with Gasteiger partial charge in [0.25, 0.3) is 0 Å². The summed E-state index contributed by atoms with van der Waals surface area (Å²) in [5.41, 5.74) is 0.711. The first kappa shape index (κ1) is 17.4. The fourth-order valence-corrected chi connectivity index (χ4v) is 4.38. The van der Waals surface area contributed by atoms with Crippen LogP contribution < -0.4 is 5.32 Å². The van der Waals surface area contributed by atoms with Crippen molar-refractivity contribution in [2.45, 2.75) is 32.4 Å². The third-order valence-electron chi connectivity index (χ3n) is 3.81. The first-order valence-corrected chi connectivity index (χ1v) is 9.40. The molecule has 1 aromatic heterocycles. The quantitative estimate of drug-likeness (QED) is 0.743. The molecule has 0 spiro atoms. The minimum absolute atomic E-state index is 0.0118. The molecular formula is C15H21N3O4S. The molecule has 1 saturated heterocycles. The molecular weight excluding hydrogens is 318 g/mol. The van der Waals surface area contributed by atoms with Crippen LogP contribution in [0.5, 0.6) is 0 Å². The molecule has 2 heterocycles. The van der Waals surface area contributed by atoms with E-state index in [0.29, 0.717) is 18.7 Å². The number of amides is 2. The Hall–Kier alpha value is -1.96. The molecule has 8 heteroatoms. The van der Waals surface area contributed by atoms with E-state index in [2.05, 4.69) is 10.3 Å². The maximum absolute atomic E-state index is 12.2. The molecule has 2 rings (SSSR count). The van der Waals surface area contributed by atoms with Crippen LogP contribution in [0.3, 0.4) is 0 Å². The summed E-state index contributed by atoms with van der Waals surface area (Å²) < 4.78 is 23.1. The Morgan fingerprint density at radius 2 is 2.17 bits per heavy atom. The van der Waals surface area contributed by atoms with E-state index in [9.17, 15) is 18.0 Å². The number of sulfone groups is 1. The van der Waals surface area contributed by atoms with E-state index in [-0.39, 0.29) is 42.3 Å². The van der Waals surface area contributed by atoms with Crippen LogP contribution in [0.4, 0.5) is 0 Å². The number of carbonyl (C=O) groups is 2. The molecule has 1 unspecified atom stereocenters. The molecule has 1 atom stereocenters. The molecule has 0 bridgehead atoms. The van der Waals surface area contributed by atoms with E-state index in [1.54, 1.807) is 25.3 Å². The highest BCUT2D eigenvalue weighted by atomic mass is 32.2. The van der Waals surface area contributed by atoms with Gasteiger partial charge in [0, 0.05) is 18.8 Å². The van der Waals surface area contributed by atoms with Gasteiger partial charge < -0.3 is 10.2 Å². The highest BCUT2D eigenvalue weighted by Gasteiger charge is 2.34. The predicted octanol–water partition coefficient (Wildman–Crippen LogP) is 0.123. The number of hydrogen-bond acceptors (Lipinski definition) is 5. The van der Waals surface area contributed by atoms with Crippen LogP contribution in [0.2, 0.25) is 0 Å². The van der Waals surface area contributed by atoms with Gasteiger partial charge >= 0.3 is 0 Å². The Bertz CT molecular complexity index is 661. The van der Waals surface area contributed by atoms with Gasteiger partial charge in [0.05, 0.1) is 23.7 Å². The number of nitrogens with one attached hydrogen (secondary N) is 1. The fourth-order valence-electron chi connectivity index (χ4n) is 2.65. The van der Waals surface area contributed by atoms with E-state index in [0.717, 1.165) is 0 Å². The first-order chi connectivity index (χ1) is 10.9. The molecule has 1 fully saturated rings. The molecule has 2 amide bonds. The Morgan fingerprint density at radius 1 is 1.39 bits per heavy atom. The van der Waals surface area contributed by atoms with Crippen molar-refractivity contribution >= 4 is 21.7 Å². The number of aromatic nitrogens is 1. The minimum atomic E-state index is -3.06. The normalized spacial score (nSPS) is 19.3. The zero-order valence-electron chi connectivity index (χ0n) is 13.1. The minimum Gasteiger partial charge on any atom is -0.350 e. The van der Waals surface area contributed by atoms with Gasteiger partial charge in [-0.2, -0.15) is 0 Å². The topological polar surface area (TPSA) is 96.4 Å². The number of nitrogens with zero attached hydrogens (tertiary/aromatic N) is 2. The van der Waals surface area contributed by atoms with Gasteiger partial charge in [0.1, 0.15) is 6.42 Å². The molecule has 1 N–H and O–H groups in total. The summed E-state index contributed by atoms with van der Waals surface area (Å²) in [6.45, 7) is 2.44. The summed E-state index contributed by atoms with van der Waals surface area (Å²) in [5, 5.41) is 2.65. The lowest BCUT2D eigenvalue weighted by Gasteiger charge is -2.26. The predicted molar refractivity (Wildman–Crippen MR) is 85.1 cm³/mol. The number of hydrogen-bond donors (Lipinski definition) is 1. The van der Waals surface area contributed by atoms with Crippen molar-refractivity contribution in [3.8, 4) is 0 Å². The van der Waals surface area contributed by atoms with Crippen molar-refractivity contribution < 1.29 is 18.0 Å². The van der Waals surface area contributed by atoms with Crippen LogP contribution in [0, 0.1) is 0 Å². The van der Waals surface area contributed by atoms with Crippen LogP contribution in [-0.4, -0.2) is 54.2 Å². The van der Waals surface area contributed by atoms with Gasteiger partial charge in [-0.25, -0.2) is 8.42 Å². The van der Waals surface area contributed by atoms with Crippen molar-refractivity contribution in [1.82, 2.24) is 15.2 Å². The number of pyridine rings is 1. The van der Waals surface area contributed by atoms with Gasteiger partial charge in [0.15, 0.2) is 9.84 Å². The average molecular weight is 339 g/mol. The molecule has 7 nitrogen and oxygen atoms in total. The molecule has 0 radical (unpaired) electrons. The fraction of sp³-hybridized carbons (Fsp3) is 0.533. The third kappa shape index (κ3) is 5.02. The number of rotatable bonds is 6. The zero-order valence-corrected chi connectivity index (χ0v) is 13.9. The maximum Gasteiger partial charge on any atom is 0.232 e. The van der Waals surface area contributed by atoms with Gasteiger partial charge in [0.2, 0.25) is 11.8 Å². The van der Waals surface area contributed by atoms with Gasteiger partial charge in [-0.1, -0.05) is 6.07 Å². The second-order valence-electron chi connectivity index (χ2n) is 5.51. The van der Waals surface area contributed by atoms with Crippen molar-refractivity contribution in [2.24, 2.45) is 0 Å². The van der Waals surface area contributed by atoms with E-state index in [4.69, 9.17) is 0 Å². The van der Waals surface area contributed by atoms with Gasteiger partial charge in [-0.15, -0.1) is 0 Å². The lowest BCUT2D eigenvalue weighted by Crippen LogP contribution is -2.43. The van der Waals surface area contributed by atoms with Crippen LogP contribution in [0.15, 0.2) is 24.4 Å². The zero-order chi connectivity index (χ0) is 16.9. The van der Waals surface area contributed by atoms with E-state index in [1.807, 2.05) is 6.07 Å². The van der Waals surface area contributed by atoms with Crippen LogP contribution >= 0.6 is 0 Å². The van der Waals surface area contributed by atoms with Crippen LogP contribution in [0.1, 0.15) is 25.5 Å². The average Bonchev–Trinajstić information content (AvgIpc) is 2.87. The van der Waals surface area contributed by atoms with Gasteiger partial charge in [-0.05, 0) is 25.5 Å². The van der Waals surface area contributed by atoms with Crippen LogP contribution in [-0.2, 0) is 26.0 Å². The summed E-state index contributed by atoms with van der Waals surface area (Å²) in [6.07, 6.45) is 1.79. The van der Waals surface area contributed by atoms with Crippen molar-refractivity contribution in [3.63, 3.8) is 0 Å². The maximum atomic E-state index is 12.2. The SMILES string of the molecule is CCN(C(=O)CC(=O)NCc1ccccn1)C1CCS(=O)(=O)C1. The first-order valence-electron chi connectivity index (χ1n) is 7.58. The monoisotopic (exact) mass is 339 g/mol. The second-order valence-corrected chi connectivity index (χ2v) is 7.74. The Balaban J connectivity index is 1.85. The molecule has 1 aliphatic rings. The van der Waals surface area contributed by atoms with Crippen molar-refractivity contribution in [2.75, 3.05) is 18.1 Å². The summed E-state index contributed by atoms with van der Waals surface area (Å²) in [6, 6.07) is 5.06. The molecule has 126 valence electrons. The van der Waals surface area contributed by atoms with Crippen molar-refractivity contribution in [3.05, 3.63) is 30.1 Å². The highest BCUT2D eigenvalue weighted by Crippen LogP contribution is 2.18. The lowest BCUT2D eigenvalue weighted by atomic mass is 10.2. The van der Waals surface area contributed by atoms with E-state index >= 15 is 0 Å². The van der Waals surface area contributed by atoms with Gasteiger partial charge in [-0.3, -0.25) is 14.6 Å². The standard InChI is InChI=1S/C15H21N3O4S/c1-2-18(13-6-8-23(21,22)11-13)15(20)9-14(19)17-10-12-5-3-4-7-16-12/h3-5,7,13H,2,6,8-11H2,1H3,(H,17,19). The Kier molecular flexibility index (Phi) is 5.70. The summed E-state index contributed by atoms with van der Waals surface area (Å²) in [5.74, 6) is -0.636. The molecule has 1 aromatic rings. The summed E-state index contributed by atoms with van der Waals surface area (Å²) >= 11 is 0. The largest absolute Gasteiger partial charge is 0.350 e. The lowest BCUT2D eigenvalue weighted by molar-refractivity contribution is -0.137.